The van der Waals surface area contributed by atoms with E-state index in [4.69, 9.17) is 21.4 Å². The molecule has 17 heavy (non-hydrogen) atoms. The minimum Gasteiger partial charge on any atom is -0.480 e. The summed E-state index contributed by atoms with van der Waals surface area (Å²) in [6, 6.07) is 2.61. The summed E-state index contributed by atoms with van der Waals surface area (Å²) in [6.45, 7) is 0.490. The van der Waals surface area contributed by atoms with Crippen molar-refractivity contribution in [1.29, 1.82) is 0 Å². The lowest BCUT2D eigenvalue weighted by atomic mass is 10.2. The molecule has 0 amide bonds. The Hall–Kier alpha value is -1.40. The zero-order valence-corrected chi connectivity index (χ0v) is 9.96. The fraction of sp³-hybridized carbons (Fsp3) is 0.500. The molecule has 0 bridgehead atoms. The summed E-state index contributed by atoms with van der Waals surface area (Å²) in [5.74, 6) is -0.386. The van der Waals surface area contributed by atoms with Gasteiger partial charge in [-0.2, -0.15) is 0 Å². The van der Waals surface area contributed by atoms with Crippen LogP contribution < -0.4 is 4.90 Å². The highest BCUT2D eigenvalue weighted by Gasteiger charge is 2.37. The number of hydrogen-bond donors (Lipinski definition) is 1. The Labute approximate surface area is 103 Å². The third kappa shape index (κ3) is 2.48. The van der Waals surface area contributed by atoms with Crippen LogP contribution >= 0.6 is 11.6 Å². The average molecular weight is 258 g/mol. The smallest absolute Gasteiger partial charge is 0.326 e. The lowest BCUT2D eigenvalue weighted by Gasteiger charge is -2.21. The standard InChI is InChI=1S/C10H12ClN3O3/c1-17-6-4-7(10(15)16)14(5-6)9-3-2-8(11)12-13-9/h2-3,6-7H,4-5H2,1H3,(H,15,16). The Kier molecular flexibility index (Phi) is 3.44. The quantitative estimate of drug-likeness (QED) is 0.864. The topological polar surface area (TPSA) is 75.6 Å². The fourth-order valence-corrected chi connectivity index (χ4v) is 2.02. The first kappa shape index (κ1) is 12.1. The van der Waals surface area contributed by atoms with E-state index < -0.39 is 12.0 Å². The number of ether oxygens (including phenoxy) is 1. The lowest BCUT2D eigenvalue weighted by Crippen LogP contribution is -2.36. The number of carboxylic acid groups (broad SMARTS) is 1. The third-order valence-corrected chi connectivity index (χ3v) is 2.99. The molecule has 0 aromatic carbocycles. The monoisotopic (exact) mass is 257 g/mol. The minimum absolute atomic E-state index is 0.103. The highest BCUT2D eigenvalue weighted by Crippen LogP contribution is 2.25. The van der Waals surface area contributed by atoms with Crippen molar-refractivity contribution in [3.63, 3.8) is 0 Å². The second-order valence-corrected chi connectivity index (χ2v) is 4.20. The first-order valence-electron chi connectivity index (χ1n) is 5.13. The van der Waals surface area contributed by atoms with E-state index in [0.717, 1.165) is 0 Å². The molecule has 1 aliphatic heterocycles. The molecule has 1 aliphatic rings. The van der Waals surface area contributed by atoms with Gasteiger partial charge in [-0.1, -0.05) is 11.6 Å². The molecule has 6 nitrogen and oxygen atoms in total. The van der Waals surface area contributed by atoms with Gasteiger partial charge in [-0.25, -0.2) is 4.79 Å². The summed E-state index contributed by atoms with van der Waals surface area (Å²) in [5, 5.41) is 17.0. The number of nitrogens with zero attached hydrogens (tertiary/aromatic N) is 3. The van der Waals surface area contributed by atoms with Crippen LogP contribution in [-0.2, 0) is 9.53 Å². The molecular weight excluding hydrogens is 246 g/mol. The van der Waals surface area contributed by atoms with Crippen molar-refractivity contribution in [2.75, 3.05) is 18.6 Å². The second kappa shape index (κ2) is 4.85. The van der Waals surface area contributed by atoms with Crippen molar-refractivity contribution in [3.8, 4) is 0 Å². The van der Waals surface area contributed by atoms with Gasteiger partial charge in [0.25, 0.3) is 0 Å². The highest BCUT2D eigenvalue weighted by molar-refractivity contribution is 6.29. The molecular formula is C10H12ClN3O3. The van der Waals surface area contributed by atoms with Gasteiger partial charge >= 0.3 is 5.97 Å². The maximum atomic E-state index is 11.1. The number of carbonyl (C=O) groups is 1. The number of hydrogen-bond acceptors (Lipinski definition) is 5. The van der Waals surface area contributed by atoms with Crippen LogP contribution in [0, 0.1) is 0 Å². The van der Waals surface area contributed by atoms with Gasteiger partial charge in [0.15, 0.2) is 11.0 Å². The van der Waals surface area contributed by atoms with Crippen LogP contribution in [0.3, 0.4) is 0 Å². The molecule has 1 aromatic heterocycles. The molecule has 0 radical (unpaired) electrons. The van der Waals surface area contributed by atoms with Crippen molar-refractivity contribution in [3.05, 3.63) is 17.3 Å². The Morgan fingerprint density at radius 2 is 2.35 bits per heavy atom. The molecule has 2 heterocycles. The molecule has 2 atom stereocenters. The third-order valence-electron chi connectivity index (χ3n) is 2.79. The maximum Gasteiger partial charge on any atom is 0.326 e. The van der Waals surface area contributed by atoms with Gasteiger partial charge in [0.1, 0.15) is 6.04 Å². The van der Waals surface area contributed by atoms with E-state index in [1.165, 1.54) is 0 Å². The molecule has 1 N–H and O–H groups in total. The minimum atomic E-state index is -0.888. The van der Waals surface area contributed by atoms with Gasteiger partial charge in [0, 0.05) is 20.1 Å². The predicted molar refractivity (Wildman–Crippen MR) is 61.2 cm³/mol. The van der Waals surface area contributed by atoms with Crippen LogP contribution in [0.2, 0.25) is 5.15 Å². The lowest BCUT2D eigenvalue weighted by molar-refractivity contribution is -0.138. The van der Waals surface area contributed by atoms with E-state index in [1.807, 2.05) is 0 Å². The molecule has 0 spiro atoms. The normalized spacial score (nSPS) is 24.0. The largest absolute Gasteiger partial charge is 0.480 e. The summed E-state index contributed by atoms with van der Waals surface area (Å²) in [4.78, 5) is 12.8. The number of halogens is 1. The van der Waals surface area contributed by atoms with Gasteiger partial charge < -0.3 is 14.7 Å². The maximum absolute atomic E-state index is 11.1. The number of rotatable bonds is 3. The van der Waals surface area contributed by atoms with Gasteiger partial charge in [-0.05, 0) is 12.1 Å². The SMILES string of the molecule is COC1CC(C(=O)O)N(c2ccc(Cl)nn2)C1. The zero-order chi connectivity index (χ0) is 12.4. The van der Waals surface area contributed by atoms with Crippen LogP contribution in [0.25, 0.3) is 0 Å². The van der Waals surface area contributed by atoms with Crippen LogP contribution in [0.1, 0.15) is 6.42 Å². The molecule has 1 saturated heterocycles. The molecule has 0 aliphatic carbocycles. The molecule has 2 rings (SSSR count). The summed E-state index contributed by atoms with van der Waals surface area (Å²) in [7, 11) is 1.57. The highest BCUT2D eigenvalue weighted by atomic mass is 35.5. The number of aromatic nitrogens is 2. The van der Waals surface area contributed by atoms with E-state index in [-0.39, 0.29) is 11.3 Å². The van der Waals surface area contributed by atoms with E-state index in [0.29, 0.717) is 18.8 Å². The first-order valence-corrected chi connectivity index (χ1v) is 5.51. The van der Waals surface area contributed by atoms with Crippen LogP contribution in [0.5, 0.6) is 0 Å². The van der Waals surface area contributed by atoms with Gasteiger partial charge in [0.05, 0.1) is 6.10 Å². The number of anilines is 1. The number of aliphatic carboxylic acids is 1. The fourth-order valence-electron chi connectivity index (χ4n) is 1.92. The summed E-state index contributed by atoms with van der Waals surface area (Å²) in [6.07, 6.45) is 0.337. The van der Waals surface area contributed by atoms with Gasteiger partial charge in [0.2, 0.25) is 0 Å². The number of methoxy groups -OCH3 is 1. The zero-order valence-electron chi connectivity index (χ0n) is 9.21. The van der Waals surface area contributed by atoms with E-state index in [2.05, 4.69) is 10.2 Å². The summed E-state index contributed by atoms with van der Waals surface area (Å²) >= 11 is 5.64. The van der Waals surface area contributed by atoms with E-state index in [1.54, 1.807) is 24.1 Å². The van der Waals surface area contributed by atoms with Crippen molar-refractivity contribution >= 4 is 23.4 Å². The van der Waals surface area contributed by atoms with E-state index >= 15 is 0 Å². The van der Waals surface area contributed by atoms with E-state index in [9.17, 15) is 4.79 Å². The molecule has 1 aromatic rings. The summed E-state index contributed by atoms with van der Waals surface area (Å²) in [5.41, 5.74) is 0. The van der Waals surface area contributed by atoms with Gasteiger partial charge in [-0.3, -0.25) is 0 Å². The molecule has 92 valence electrons. The van der Waals surface area contributed by atoms with Crippen molar-refractivity contribution in [2.24, 2.45) is 0 Å². The Morgan fingerprint density at radius 1 is 1.59 bits per heavy atom. The van der Waals surface area contributed by atoms with Crippen molar-refractivity contribution in [2.45, 2.75) is 18.6 Å². The van der Waals surface area contributed by atoms with Crippen LogP contribution in [0.4, 0.5) is 5.82 Å². The summed E-state index contributed by atoms with van der Waals surface area (Å²) < 4.78 is 5.19. The Bertz CT molecular complexity index is 412. The Balaban J connectivity index is 2.23. The Morgan fingerprint density at radius 3 is 2.88 bits per heavy atom. The average Bonchev–Trinajstić information content (AvgIpc) is 2.74. The van der Waals surface area contributed by atoms with Crippen molar-refractivity contribution < 1.29 is 14.6 Å². The molecule has 7 heteroatoms. The van der Waals surface area contributed by atoms with Crippen LogP contribution in [-0.4, -0.2) is 47.1 Å². The molecule has 2 unspecified atom stereocenters. The predicted octanol–water partition coefficient (Wildman–Crippen LogP) is 0.808. The van der Waals surface area contributed by atoms with Crippen molar-refractivity contribution in [1.82, 2.24) is 10.2 Å². The van der Waals surface area contributed by atoms with Gasteiger partial charge in [-0.15, -0.1) is 10.2 Å². The molecule has 1 fully saturated rings. The first-order chi connectivity index (χ1) is 8.11. The molecule has 0 saturated carbocycles. The van der Waals surface area contributed by atoms with Crippen LogP contribution in [0.15, 0.2) is 12.1 Å². The second-order valence-electron chi connectivity index (χ2n) is 3.81. The number of carboxylic acids is 1.